The SMILES string of the molecule is O=C(O)Cn1c2c(c3ccccc31)C[C@H](NC(=O)OCc1ccccc1)CC2. The van der Waals surface area contributed by atoms with Crippen LogP contribution in [-0.2, 0) is 35.5 Å². The first-order valence-corrected chi connectivity index (χ1v) is 9.40. The van der Waals surface area contributed by atoms with Crippen molar-refractivity contribution in [3.05, 3.63) is 71.4 Å². The van der Waals surface area contributed by atoms with Gasteiger partial charge < -0.3 is 19.7 Å². The van der Waals surface area contributed by atoms with Crippen LogP contribution in [0.25, 0.3) is 10.9 Å². The number of benzene rings is 2. The van der Waals surface area contributed by atoms with Gasteiger partial charge in [0.2, 0.25) is 0 Å². The lowest BCUT2D eigenvalue weighted by molar-refractivity contribution is -0.137. The number of nitrogens with zero attached hydrogens (tertiary/aromatic N) is 1. The summed E-state index contributed by atoms with van der Waals surface area (Å²) in [6.45, 7) is 0.190. The Labute approximate surface area is 162 Å². The van der Waals surface area contributed by atoms with Crippen LogP contribution in [0.15, 0.2) is 54.6 Å². The second-order valence-corrected chi connectivity index (χ2v) is 7.07. The van der Waals surface area contributed by atoms with E-state index < -0.39 is 12.1 Å². The van der Waals surface area contributed by atoms with E-state index in [4.69, 9.17) is 4.74 Å². The number of carboxylic acids is 1. The van der Waals surface area contributed by atoms with Crippen LogP contribution in [0.2, 0.25) is 0 Å². The number of hydrogen-bond acceptors (Lipinski definition) is 3. The number of alkyl carbamates (subject to hydrolysis) is 1. The third-order valence-electron chi connectivity index (χ3n) is 5.20. The van der Waals surface area contributed by atoms with E-state index in [0.29, 0.717) is 6.42 Å². The smallest absolute Gasteiger partial charge is 0.407 e. The van der Waals surface area contributed by atoms with Crippen molar-refractivity contribution in [1.82, 2.24) is 9.88 Å². The molecular formula is C22H22N2O4. The summed E-state index contributed by atoms with van der Waals surface area (Å²) in [6, 6.07) is 17.4. The zero-order valence-corrected chi connectivity index (χ0v) is 15.4. The molecule has 1 amide bonds. The minimum absolute atomic E-state index is 0.0279. The summed E-state index contributed by atoms with van der Waals surface area (Å²) in [4.78, 5) is 23.5. The third kappa shape index (κ3) is 3.71. The van der Waals surface area contributed by atoms with Crippen molar-refractivity contribution in [1.29, 1.82) is 0 Å². The Hall–Kier alpha value is -3.28. The van der Waals surface area contributed by atoms with Crippen molar-refractivity contribution in [3.8, 4) is 0 Å². The van der Waals surface area contributed by atoms with Crippen LogP contribution < -0.4 is 5.32 Å². The molecule has 2 aromatic carbocycles. The molecule has 1 atom stereocenters. The zero-order chi connectivity index (χ0) is 19.5. The fourth-order valence-electron chi connectivity index (χ4n) is 3.97. The van der Waals surface area contributed by atoms with E-state index in [2.05, 4.69) is 5.32 Å². The standard InChI is InChI=1S/C22H22N2O4/c25-21(26)13-24-19-9-5-4-8-17(19)18-12-16(10-11-20(18)24)23-22(27)28-14-15-6-2-1-3-7-15/h1-9,16H,10-14H2,(H,23,27)(H,25,26)/t16-/m1/s1. The molecule has 0 bridgehead atoms. The first-order valence-electron chi connectivity index (χ1n) is 9.40. The number of hydrogen-bond donors (Lipinski definition) is 2. The third-order valence-corrected chi connectivity index (χ3v) is 5.20. The molecule has 3 aromatic rings. The van der Waals surface area contributed by atoms with Gasteiger partial charge in [0, 0.05) is 22.6 Å². The minimum atomic E-state index is -0.853. The molecule has 1 heterocycles. The summed E-state index contributed by atoms with van der Waals surface area (Å²) >= 11 is 0. The van der Waals surface area contributed by atoms with Gasteiger partial charge in [0.05, 0.1) is 0 Å². The number of carbonyl (C=O) groups is 2. The van der Waals surface area contributed by atoms with Crippen molar-refractivity contribution in [2.75, 3.05) is 0 Å². The van der Waals surface area contributed by atoms with Crippen molar-refractivity contribution in [2.45, 2.75) is 38.5 Å². The van der Waals surface area contributed by atoms with Gasteiger partial charge in [-0.25, -0.2) is 4.79 Å². The second kappa shape index (κ2) is 7.76. The van der Waals surface area contributed by atoms with Gasteiger partial charge >= 0.3 is 12.1 Å². The monoisotopic (exact) mass is 378 g/mol. The highest BCUT2D eigenvalue weighted by Crippen LogP contribution is 2.32. The predicted octanol–water partition coefficient (Wildman–Crippen LogP) is 3.51. The number of fused-ring (bicyclic) bond motifs is 3. The topological polar surface area (TPSA) is 80.6 Å². The lowest BCUT2D eigenvalue weighted by atomic mass is 9.91. The van der Waals surface area contributed by atoms with Crippen LogP contribution >= 0.6 is 0 Å². The molecule has 4 rings (SSSR count). The van der Waals surface area contributed by atoms with Gasteiger partial charge in [-0.2, -0.15) is 0 Å². The molecule has 2 N–H and O–H groups in total. The largest absolute Gasteiger partial charge is 0.480 e. The maximum atomic E-state index is 12.2. The zero-order valence-electron chi connectivity index (χ0n) is 15.4. The molecule has 0 saturated carbocycles. The summed E-state index contributed by atoms with van der Waals surface area (Å²) in [5.74, 6) is -0.853. The maximum Gasteiger partial charge on any atom is 0.407 e. The molecule has 1 aromatic heterocycles. The molecule has 6 heteroatoms. The van der Waals surface area contributed by atoms with Gasteiger partial charge in [-0.15, -0.1) is 0 Å². The number of para-hydroxylation sites is 1. The van der Waals surface area contributed by atoms with Crippen LogP contribution in [-0.4, -0.2) is 27.8 Å². The Morgan fingerprint density at radius 3 is 2.64 bits per heavy atom. The fourth-order valence-corrected chi connectivity index (χ4v) is 3.97. The lowest BCUT2D eigenvalue weighted by Gasteiger charge is -2.24. The van der Waals surface area contributed by atoms with Crippen molar-refractivity contribution in [2.24, 2.45) is 0 Å². The number of ether oxygens (including phenoxy) is 1. The molecule has 1 aliphatic rings. The van der Waals surface area contributed by atoms with Gasteiger partial charge in [-0.05, 0) is 36.5 Å². The van der Waals surface area contributed by atoms with Gasteiger partial charge in [0.15, 0.2) is 0 Å². The molecule has 0 unspecified atom stereocenters. The summed E-state index contributed by atoms with van der Waals surface area (Å²) in [5.41, 5.74) is 4.05. The average Bonchev–Trinajstić information content (AvgIpc) is 3.00. The maximum absolute atomic E-state index is 12.2. The quantitative estimate of drug-likeness (QED) is 0.712. The molecule has 144 valence electrons. The molecule has 0 aliphatic heterocycles. The number of amides is 1. The van der Waals surface area contributed by atoms with E-state index in [1.165, 1.54) is 0 Å². The Bertz CT molecular complexity index is 1010. The van der Waals surface area contributed by atoms with Crippen molar-refractivity contribution >= 4 is 23.0 Å². The number of aromatic nitrogens is 1. The lowest BCUT2D eigenvalue weighted by Crippen LogP contribution is -2.39. The number of rotatable bonds is 5. The first kappa shape index (κ1) is 18.1. The van der Waals surface area contributed by atoms with E-state index in [9.17, 15) is 14.7 Å². The normalized spacial score (nSPS) is 15.8. The summed E-state index contributed by atoms with van der Waals surface area (Å²) in [7, 11) is 0. The predicted molar refractivity (Wildman–Crippen MR) is 105 cm³/mol. The van der Waals surface area contributed by atoms with Crippen LogP contribution in [0.4, 0.5) is 4.79 Å². The molecule has 0 fully saturated rings. The minimum Gasteiger partial charge on any atom is -0.480 e. The fraction of sp³-hybridized carbons (Fsp3) is 0.273. The van der Waals surface area contributed by atoms with Crippen LogP contribution in [0.5, 0.6) is 0 Å². The first-order chi connectivity index (χ1) is 13.6. The number of aliphatic carboxylic acids is 1. The molecule has 28 heavy (non-hydrogen) atoms. The molecule has 6 nitrogen and oxygen atoms in total. The highest BCUT2D eigenvalue weighted by Gasteiger charge is 2.27. The van der Waals surface area contributed by atoms with Gasteiger partial charge in [-0.3, -0.25) is 4.79 Å². The summed E-state index contributed by atoms with van der Waals surface area (Å²) in [6.07, 6.45) is 1.72. The molecule has 0 radical (unpaired) electrons. The summed E-state index contributed by atoms with van der Waals surface area (Å²) in [5, 5.41) is 13.3. The van der Waals surface area contributed by atoms with Crippen LogP contribution in [0.3, 0.4) is 0 Å². The summed E-state index contributed by atoms with van der Waals surface area (Å²) < 4.78 is 7.22. The van der Waals surface area contributed by atoms with Crippen molar-refractivity contribution < 1.29 is 19.4 Å². The van der Waals surface area contributed by atoms with Crippen LogP contribution in [0, 0.1) is 0 Å². The Morgan fingerprint density at radius 2 is 1.86 bits per heavy atom. The number of carboxylic acid groups (broad SMARTS) is 1. The average molecular weight is 378 g/mol. The highest BCUT2D eigenvalue weighted by molar-refractivity contribution is 5.87. The van der Waals surface area contributed by atoms with E-state index in [0.717, 1.165) is 40.6 Å². The van der Waals surface area contributed by atoms with E-state index in [1.807, 2.05) is 59.2 Å². The Kier molecular flexibility index (Phi) is 5.02. The molecule has 0 spiro atoms. The Morgan fingerprint density at radius 1 is 1.11 bits per heavy atom. The number of carbonyl (C=O) groups excluding carboxylic acids is 1. The molecule has 0 saturated heterocycles. The van der Waals surface area contributed by atoms with E-state index >= 15 is 0 Å². The van der Waals surface area contributed by atoms with Crippen molar-refractivity contribution in [3.63, 3.8) is 0 Å². The van der Waals surface area contributed by atoms with Crippen LogP contribution in [0.1, 0.15) is 23.2 Å². The van der Waals surface area contributed by atoms with Gasteiger partial charge in [-0.1, -0.05) is 48.5 Å². The molecule has 1 aliphatic carbocycles. The second-order valence-electron chi connectivity index (χ2n) is 7.07. The Balaban J connectivity index is 1.47. The molecular weight excluding hydrogens is 356 g/mol. The highest BCUT2D eigenvalue weighted by atomic mass is 16.5. The van der Waals surface area contributed by atoms with E-state index in [1.54, 1.807) is 0 Å². The van der Waals surface area contributed by atoms with Gasteiger partial charge in [0.1, 0.15) is 13.2 Å². The van der Waals surface area contributed by atoms with Gasteiger partial charge in [0.25, 0.3) is 0 Å². The van der Waals surface area contributed by atoms with E-state index in [-0.39, 0.29) is 19.2 Å². The number of nitrogens with one attached hydrogen (secondary N) is 1.